The molecule has 0 fully saturated rings. The summed E-state index contributed by atoms with van der Waals surface area (Å²) in [5.74, 6) is 0. The van der Waals surface area contributed by atoms with E-state index in [-0.39, 0.29) is 11.7 Å². The van der Waals surface area contributed by atoms with Crippen LogP contribution >= 0.6 is 11.6 Å². The standard InChI is InChI=1S/C13H27ClO2/c1-4-7-8-9-10-11-12(14)13(15-5-2)16-6-3/h12-13H,4-11H2,1-3H3. The molecule has 0 aromatic carbocycles. The third-order valence-electron chi connectivity index (χ3n) is 2.54. The molecular formula is C13H27ClO2. The number of rotatable bonds is 11. The van der Waals surface area contributed by atoms with Crippen LogP contribution in [0, 0.1) is 0 Å². The highest BCUT2D eigenvalue weighted by molar-refractivity contribution is 6.20. The summed E-state index contributed by atoms with van der Waals surface area (Å²) in [5, 5.41) is -0.0125. The smallest absolute Gasteiger partial charge is 0.173 e. The van der Waals surface area contributed by atoms with Gasteiger partial charge in [-0.25, -0.2) is 0 Å². The lowest BCUT2D eigenvalue weighted by Gasteiger charge is -2.21. The summed E-state index contributed by atoms with van der Waals surface area (Å²) in [6.45, 7) is 7.48. The molecule has 0 aliphatic carbocycles. The third kappa shape index (κ3) is 8.37. The second kappa shape index (κ2) is 11.7. The average Bonchev–Trinajstić information content (AvgIpc) is 2.28. The molecule has 0 amide bonds. The van der Waals surface area contributed by atoms with E-state index in [1.807, 2.05) is 13.8 Å². The van der Waals surface area contributed by atoms with E-state index in [4.69, 9.17) is 21.1 Å². The topological polar surface area (TPSA) is 18.5 Å². The van der Waals surface area contributed by atoms with Gasteiger partial charge >= 0.3 is 0 Å². The van der Waals surface area contributed by atoms with Crippen LogP contribution in [-0.4, -0.2) is 24.9 Å². The van der Waals surface area contributed by atoms with Crippen LogP contribution in [0.2, 0.25) is 0 Å². The first-order valence-corrected chi connectivity index (χ1v) is 7.07. The van der Waals surface area contributed by atoms with Crippen molar-refractivity contribution in [3.63, 3.8) is 0 Å². The minimum Gasteiger partial charge on any atom is -0.351 e. The molecule has 0 saturated heterocycles. The molecule has 0 aromatic rings. The normalized spacial score (nSPS) is 13.3. The average molecular weight is 251 g/mol. The van der Waals surface area contributed by atoms with E-state index < -0.39 is 0 Å². The summed E-state index contributed by atoms with van der Waals surface area (Å²) in [7, 11) is 0. The Morgan fingerprint density at radius 3 is 1.94 bits per heavy atom. The van der Waals surface area contributed by atoms with Gasteiger partial charge in [0.05, 0.1) is 5.38 Å². The van der Waals surface area contributed by atoms with Crippen molar-refractivity contribution in [2.75, 3.05) is 13.2 Å². The fourth-order valence-electron chi connectivity index (χ4n) is 1.66. The van der Waals surface area contributed by atoms with Gasteiger partial charge in [0, 0.05) is 13.2 Å². The van der Waals surface area contributed by atoms with Gasteiger partial charge in [-0.15, -0.1) is 11.6 Å². The van der Waals surface area contributed by atoms with E-state index in [0.717, 1.165) is 6.42 Å². The van der Waals surface area contributed by atoms with Crippen molar-refractivity contribution in [2.24, 2.45) is 0 Å². The SMILES string of the molecule is CCCCCCCC(Cl)C(OCC)OCC. The first-order chi connectivity index (χ1) is 7.76. The molecule has 1 unspecified atom stereocenters. The summed E-state index contributed by atoms with van der Waals surface area (Å²) in [6, 6.07) is 0. The number of halogens is 1. The van der Waals surface area contributed by atoms with Gasteiger partial charge in [0.25, 0.3) is 0 Å². The fraction of sp³-hybridized carbons (Fsp3) is 1.00. The van der Waals surface area contributed by atoms with E-state index in [1.54, 1.807) is 0 Å². The van der Waals surface area contributed by atoms with Gasteiger partial charge in [0.1, 0.15) is 0 Å². The van der Waals surface area contributed by atoms with Crippen molar-refractivity contribution in [3.05, 3.63) is 0 Å². The zero-order valence-corrected chi connectivity index (χ0v) is 11.8. The molecule has 0 radical (unpaired) electrons. The fourth-order valence-corrected chi connectivity index (χ4v) is 1.96. The maximum absolute atomic E-state index is 6.27. The third-order valence-corrected chi connectivity index (χ3v) is 2.96. The van der Waals surface area contributed by atoms with Gasteiger partial charge in [0.2, 0.25) is 0 Å². The van der Waals surface area contributed by atoms with Crippen molar-refractivity contribution < 1.29 is 9.47 Å². The zero-order chi connectivity index (χ0) is 12.2. The monoisotopic (exact) mass is 250 g/mol. The molecule has 0 heterocycles. The molecular weight excluding hydrogens is 224 g/mol. The Kier molecular flexibility index (Phi) is 11.8. The Hall–Kier alpha value is 0.210. The molecule has 0 N–H and O–H groups in total. The summed E-state index contributed by atoms with van der Waals surface area (Å²) >= 11 is 6.27. The maximum atomic E-state index is 6.27. The van der Waals surface area contributed by atoms with E-state index in [0.29, 0.717) is 13.2 Å². The highest BCUT2D eigenvalue weighted by Gasteiger charge is 2.19. The van der Waals surface area contributed by atoms with Gasteiger partial charge in [-0.2, -0.15) is 0 Å². The molecule has 0 saturated carbocycles. The highest BCUT2D eigenvalue weighted by Crippen LogP contribution is 2.17. The molecule has 0 bridgehead atoms. The van der Waals surface area contributed by atoms with Gasteiger partial charge in [0.15, 0.2) is 6.29 Å². The Bertz CT molecular complexity index is 136. The molecule has 0 aliphatic heterocycles. The Labute approximate surface area is 106 Å². The Balaban J connectivity index is 3.60. The zero-order valence-electron chi connectivity index (χ0n) is 11.0. The first-order valence-electron chi connectivity index (χ1n) is 6.63. The van der Waals surface area contributed by atoms with Crippen molar-refractivity contribution in [3.8, 4) is 0 Å². The molecule has 1 atom stereocenters. The van der Waals surface area contributed by atoms with Crippen LogP contribution in [0.1, 0.15) is 59.3 Å². The van der Waals surface area contributed by atoms with E-state index in [2.05, 4.69) is 6.92 Å². The highest BCUT2D eigenvalue weighted by atomic mass is 35.5. The maximum Gasteiger partial charge on any atom is 0.173 e. The van der Waals surface area contributed by atoms with Gasteiger partial charge in [-0.05, 0) is 20.3 Å². The van der Waals surface area contributed by atoms with Crippen LogP contribution in [-0.2, 0) is 9.47 Å². The Morgan fingerprint density at radius 1 is 0.875 bits per heavy atom. The first kappa shape index (κ1) is 16.2. The largest absolute Gasteiger partial charge is 0.351 e. The number of hydrogen-bond donors (Lipinski definition) is 0. The lowest BCUT2D eigenvalue weighted by atomic mass is 10.1. The van der Waals surface area contributed by atoms with Crippen LogP contribution < -0.4 is 0 Å². The number of hydrogen-bond acceptors (Lipinski definition) is 2. The van der Waals surface area contributed by atoms with Crippen LogP contribution in [0.25, 0.3) is 0 Å². The minimum absolute atomic E-state index is 0.0125. The van der Waals surface area contributed by atoms with Crippen LogP contribution in [0.5, 0.6) is 0 Å². The quantitative estimate of drug-likeness (QED) is 0.308. The van der Waals surface area contributed by atoms with Crippen molar-refractivity contribution in [1.29, 1.82) is 0 Å². The van der Waals surface area contributed by atoms with Crippen LogP contribution in [0.4, 0.5) is 0 Å². The number of unbranched alkanes of at least 4 members (excludes halogenated alkanes) is 4. The molecule has 2 nitrogen and oxygen atoms in total. The van der Waals surface area contributed by atoms with Gasteiger partial charge < -0.3 is 9.47 Å². The lowest BCUT2D eigenvalue weighted by molar-refractivity contribution is -0.137. The van der Waals surface area contributed by atoms with Gasteiger partial charge in [-0.3, -0.25) is 0 Å². The molecule has 0 rings (SSSR count). The second-order valence-corrected chi connectivity index (χ2v) is 4.56. The van der Waals surface area contributed by atoms with Crippen molar-refractivity contribution >= 4 is 11.6 Å². The number of ether oxygens (including phenoxy) is 2. The summed E-state index contributed by atoms with van der Waals surface area (Å²) < 4.78 is 10.9. The predicted molar refractivity (Wildman–Crippen MR) is 70.1 cm³/mol. The molecule has 98 valence electrons. The summed E-state index contributed by atoms with van der Waals surface area (Å²) in [6.07, 6.45) is 7.11. The van der Waals surface area contributed by atoms with E-state index in [9.17, 15) is 0 Å². The molecule has 16 heavy (non-hydrogen) atoms. The minimum atomic E-state index is -0.233. The predicted octanol–water partition coefficient (Wildman–Crippen LogP) is 4.35. The molecule has 0 aromatic heterocycles. The molecule has 0 spiro atoms. The summed E-state index contributed by atoms with van der Waals surface area (Å²) in [4.78, 5) is 0. The molecule has 3 heteroatoms. The van der Waals surface area contributed by atoms with E-state index in [1.165, 1.54) is 32.1 Å². The Morgan fingerprint density at radius 2 is 1.44 bits per heavy atom. The lowest BCUT2D eigenvalue weighted by Crippen LogP contribution is -2.28. The van der Waals surface area contributed by atoms with Crippen molar-refractivity contribution in [2.45, 2.75) is 71.0 Å². The summed E-state index contributed by atoms with van der Waals surface area (Å²) in [5.41, 5.74) is 0. The van der Waals surface area contributed by atoms with Gasteiger partial charge in [-0.1, -0.05) is 39.0 Å². The van der Waals surface area contributed by atoms with Crippen molar-refractivity contribution in [1.82, 2.24) is 0 Å². The van der Waals surface area contributed by atoms with E-state index >= 15 is 0 Å². The van der Waals surface area contributed by atoms with Crippen LogP contribution in [0.3, 0.4) is 0 Å². The van der Waals surface area contributed by atoms with Crippen LogP contribution in [0.15, 0.2) is 0 Å². The molecule has 0 aliphatic rings. The number of alkyl halides is 1. The second-order valence-electron chi connectivity index (χ2n) is 4.00.